The zero-order valence-corrected chi connectivity index (χ0v) is 9.93. The van der Waals surface area contributed by atoms with Gasteiger partial charge in [-0.25, -0.2) is 4.39 Å². The molecule has 2 aromatic carbocycles. The van der Waals surface area contributed by atoms with Gasteiger partial charge >= 0.3 is 0 Å². The number of rotatable bonds is 3. The third-order valence-corrected chi connectivity index (χ3v) is 2.57. The molecule has 0 spiro atoms. The van der Waals surface area contributed by atoms with Crippen molar-refractivity contribution in [1.82, 2.24) is 0 Å². The highest BCUT2D eigenvalue weighted by molar-refractivity contribution is 6.06. The van der Waals surface area contributed by atoms with E-state index in [1.165, 1.54) is 0 Å². The van der Waals surface area contributed by atoms with Gasteiger partial charge in [0.1, 0.15) is 11.6 Å². The van der Waals surface area contributed by atoms with Crippen molar-refractivity contribution in [2.24, 2.45) is 0 Å². The molecule has 0 bridgehead atoms. The summed E-state index contributed by atoms with van der Waals surface area (Å²) in [4.78, 5) is 11.9. The van der Waals surface area contributed by atoms with Gasteiger partial charge in [0.05, 0.1) is 12.2 Å². The Hall–Kier alpha value is -2.40. The van der Waals surface area contributed by atoms with Crippen LogP contribution in [-0.4, -0.2) is 16.1 Å². The van der Waals surface area contributed by atoms with Crippen molar-refractivity contribution < 1.29 is 19.4 Å². The zero-order valence-electron chi connectivity index (χ0n) is 9.93. The van der Waals surface area contributed by atoms with Crippen LogP contribution in [-0.2, 0) is 6.61 Å². The van der Waals surface area contributed by atoms with E-state index in [9.17, 15) is 14.3 Å². The summed E-state index contributed by atoms with van der Waals surface area (Å²) in [5.41, 5.74) is 0.955. The highest BCUT2D eigenvalue weighted by Crippen LogP contribution is 2.20. The van der Waals surface area contributed by atoms with Gasteiger partial charge in [-0.2, -0.15) is 0 Å². The minimum Gasteiger partial charge on any atom is -0.507 e. The predicted octanol–water partition coefficient (Wildman–Crippen LogP) is 2.28. The lowest BCUT2D eigenvalue weighted by Crippen LogP contribution is -2.12. The fourth-order valence-corrected chi connectivity index (χ4v) is 1.64. The third-order valence-electron chi connectivity index (χ3n) is 2.57. The molecule has 0 atom stereocenters. The van der Waals surface area contributed by atoms with Gasteiger partial charge in [0.25, 0.3) is 5.91 Å². The van der Waals surface area contributed by atoms with Crippen molar-refractivity contribution in [3.05, 3.63) is 59.4 Å². The summed E-state index contributed by atoms with van der Waals surface area (Å²) in [6, 6.07) is 9.75. The van der Waals surface area contributed by atoms with Gasteiger partial charge in [-0.15, -0.1) is 0 Å². The van der Waals surface area contributed by atoms with Crippen LogP contribution in [0.15, 0.2) is 42.5 Å². The Labute approximate surface area is 109 Å². The molecule has 0 aromatic heterocycles. The number of aliphatic hydroxyl groups is 1. The van der Waals surface area contributed by atoms with Crippen LogP contribution >= 0.6 is 0 Å². The normalized spacial score (nSPS) is 10.2. The third kappa shape index (κ3) is 3.08. The average Bonchev–Trinajstić information content (AvgIpc) is 2.41. The fourth-order valence-electron chi connectivity index (χ4n) is 1.64. The van der Waals surface area contributed by atoms with E-state index in [-0.39, 0.29) is 17.9 Å². The van der Waals surface area contributed by atoms with Gasteiger partial charge in [-0.3, -0.25) is 4.79 Å². The molecular weight excluding hydrogens is 249 g/mol. The van der Waals surface area contributed by atoms with Crippen molar-refractivity contribution in [3.8, 4) is 5.75 Å². The highest BCUT2D eigenvalue weighted by atomic mass is 19.1. The molecule has 5 heteroatoms. The van der Waals surface area contributed by atoms with E-state index in [0.717, 1.165) is 18.2 Å². The topological polar surface area (TPSA) is 69.6 Å². The Bertz CT molecular complexity index is 613. The second kappa shape index (κ2) is 5.49. The Kier molecular flexibility index (Phi) is 3.77. The largest absolute Gasteiger partial charge is 0.507 e. The van der Waals surface area contributed by atoms with Crippen LogP contribution in [0.3, 0.4) is 0 Å². The lowest BCUT2D eigenvalue weighted by atomic mass is 10.1. The molecule has 4 nitrogen and oxygen atoms in total. The molecule has 3 N–H and O–H groups in total. The van der Waals surface area contributed by atoms with E-state index in [1.807, 2.05) is 0 Å². The first-order chi connectivity index (χ1) is 9.10. The zero-order chi connectivity index (χ0) is 13.8. The molecule has 0 saturated heterocycles. The number of carbonyl (C=O) groups excluding carboxylic acids is 1. The molecule has 0 saturated carbocycles. The maximum absolute atomic E-state index is 13.0. The molecule has 98 valence electrons. The Balaban J connectivity index is 2.23. The van der Waals surface area contributed by atoms with E-state index in [1.54, 1.807) is 24.3 Å². The standard InChI is InChI=1S/C14H12FNO3/c15-10-4-5-13(18)12(7-10)14(19)16-11-3-1-2-9(6-11)8-17/h1-7,17-18H,8H2,(H,16,19). The molecule has 2 rings (SSSR count). The van der Waals surface area contributed by atoms with Crippen LogP contribution in [0.2, 0.25) is 0 Å². The molecule has 1 amide bonds. The summed E-state index contributed by atoms with van der Waals surface area (Å²) >= 11 is 0. The molecule has 0 unspecified atom stereocenters. The molecular formula is C14H12FNO3. The number of amides is 1. The molecule has 0 radical (unpaired) electrons. The van der Waals surface area contributed by atoms with E-state index in [0.29, 0.717) is 11.3 Å². The first-order valence-electron chi connectivity index (χ1n) is 5.60. The minimum atomic E-state index is -0.618. The number of aromatic hydroxyl groups is 1. The molecule has 0 aliphatic rings. The number of hydrogen-bond acceptors (Lipinski definition) is 3. The fraction of sp³-hybridized carbons (Fsp3) is 0.0714. The van der Waals surface area contributed by atoms with E-state index in [2.05, 4.69) is 5.32 Å². The quantitative estimate of drug-likeness (QED) is 0.793. The monoisotopic (exact) mass is 261 g/mol. The summed E-state index contributed by atoms with van der Waals surface area (Å²) < 4.78 is 13.0. The van der Waals surface area contributed by atoms with Gasteiger partial charge in [0, 0.05) is 5.69 Å². The average molecular weight is 261 g/mol. The lowest BCUT2D eigenvalue weighted by Gasteiger charge is -2.08. The van der Waals surface area contributed by atoms with Gasteiger partial charge in [-0.1, -0.05) is 12.1 Å². The number of phenolic OH excluding ortho intramolecular Hbond substituents is 1. The smallest absolute Gasteiger partial charge is 0.259 e. The van der Waals surface area contributed by atoms with E-state index < -0.39 is 11.7 Å². The van der Waals surface area contributed by atoms with Gasteiger partial charge in [0.2, 0.25) is 0 Å². The van der Waals surface area contributed by atoms with Crippen LogP contribution in [0, 0.1) is 5.82 Å². The second-order valence-electron chi connectivity index (χ2n) is 3.97. The van der Waals surface area contributed by atoms with Crippen molar-refractivity contribution >= 4 is 11.6 Å². The first kappa shape index (κ1) is 13.0. The molecule has 19 heavy (non-hydrogen) atoms. The van der Waals surface area contributed by atoms with Gasteiger partial charge in [0.15, 0.2) is 0 Å². The Morgan fingerprint density at radius 1 is 1.21 bits per heavy atom. The molecule has 0 aliphatic heterocycles. The maximum Gasteiger partial charge on any atom is 0.259 e. The summed E-state index contributed by atoms with van der Waals surface area (Å²) in [6.45, 7) is -0.144. The van der Waals surface area contributed by atoms with Crippen molar-refractivity contribution in [3.63, 3.8) is 0 Å². The Morgan fingerprint density at radius 3 is 2.74 bits per heavy atom. The number of halogens is 1. The highest BCUT2D eigenvalue weighted by Gasteiger charge is 2.12. The number of phenols is 1. The number of carbonyl (C=O) groups is 1. The summed E-state index contributed by atoms with van der Waals surface area (Å²) in [5, 5.41) is 21.0. The van der Waals surface area contributed by atoms with Crippen molar-refractivity contribution in [1.29, 1.82) is 0 Å². The van der Waals surface area contributed by atoms with Crippen molar-refractivity contribution in [2.75, 3.05) is 5.32 Å². The maximum atomic E-state index is 13.0. The van der Waals surface area contributed by atoms with Crippen LogP contribution in [0.1, 0.15) is 15.9 Å². The summed E-state index contributed by atoms with van der Waals surface area (Å²) in [5.74, 6) is -1.52. The van der Waals surface area contributed by atoms with Crippen LogP contribution in [0.25, 0.3) is 0 Å². The predicted molar refractivity (Wildman–Crippen MR) is 68.4 cm³/mol. The number of hydrogen-bond donors (Lipinski definition) is 3. The van der Waals surface area contributed by atoms with Crippen LogP contribution < -0.4 is 5.32 Å². The van der Waals surface area contributed by atoms with Crippen LogP contribution in [0.4, 0.5) is 10.1 Å². The van der Waals surface area contributed by atoms with Gasteiger partial charge in [-0.05, 0) is 35.9 Å². The molecule has 0 fully saturated rings. The number of nitrogens with one attached hydrogen (secondary N) is 1. The summed E-state index contributed by atoms with van der Waals surface area (Å²) in [7, 11) is 0. The molecule has 0 aliphatic carbocycles. The minimum absolute atomic E-state index is 0.144. The second-order valence-corrected chi connectivity index (χ2v) is 3.97. The Morgan fingerprint density at radius 2 is 2.00 bits per heavy atom. The van der Waals surface area contributed by atoms with Crippen molar-refractivity contribution in [2.45, 2.75) is 6.61 Å². The first-order valence-corrected chi connectivity index (χ1v) is 5.60. The number of anilines is 1. The number of benzene rings is 2. The summed E-state index contributed by atoms with van der Waals surface area (Å²) in [6.07, 6.45) is 0. The number of aliphatic hydroxyl groups excluding tert-OH is 1. The van der Waals surface area contributed by atoms with Crippen LogP contribution in [0.5, 0.6) is 5.75 Å². The van der Waals surface area contributed by atoms with E-state index in [4.69, 9.17) is 5.11 Å². The van der Waals surface area contributed by atoms with E-state index >= 15 is 0 Å². The SMILES string of the molecule is O=C(Nc1cccc(CO)c1)c1cc(F)ccc1O. The molecule has 0 heterocycles. The van der Waals surface area contributed by atoms with Gasteiger partial charge < -0.3 is 15.5 Å². The molecule has 2 aromatic rings. The lowest BCUT2D eigenvalue weighted by molar-refractivity contribution is 0.102.